The minimum Gasteiger partial charge on any atom is -0.478 e. The van der Waals surface area contributed by atoms with E-state index in [4.69, 9.17) is 10.2 Å². The topological polar surface area (TPSA) is 103 Å². The number of H-pyrrole nitrogens is 1. The third-order valence-corrected chi connectivity index (χ3v) is 2.30. The van der Waals surface area contributed by atoms with Crippen LogP contribution in [-0.2, 0) is 0 Å². The molecule has 6 heteroatoms. The van der Waals surface area contributed by atoms with Gasteiger partial charge >= 0.3 is 11.9 Å². The third kappa shape index (κ3) is 1.87. The zero-order valence-corrected chi connectivity index (χ0v) is 8.54. The molecule has 0 aliphatic heterocycles. The Kier molecular flexibility index (Phi) is 2.61. The number of benzene rings is 1. The predicted molar refractivity (Wildman–Crippen MR) is 57.9 cm³/mol. The summed E-state index contributed by atoms with van der Waals surface area (Å²) in [6, 6.07) is 5.86. The normalized spacial score (nSPS) is 10.1. The van der Waals surface area contributed by atoms with Crippen molar-refractivity contribution < 1.29 is 19.8 Å². The van der Waals surface area contributed by atoms with Crippen LogP contribution in [0.15, 0.2) is 30.5 Å². The molecule has 1 heterocycles. The first-order valence-corrected chi connectivity index (χ1v) is 4.70. The summed E-state index contributed by atoms with van der Waals surface area (Å²) in [6.45, 7) is 0. The number of carbonyl (C=O) groups is 2. The monoisotopic (exact) mass is 232 g/mol. The Bertz CT molecular complexity index is 575. The molecule has 17 heavy (non-hydrogen) atoms. The van der Waals surface area contributed by atoms with E-state index in [1.807, 2.05) is 0 Å². The molecule has 1 aromatic heterocycles. The Hall–Kier alpha value is -2.63. The molecule has 0 saturated heterocycles. The van der Waals surface area contributed by atoms with Crippen molar-refractivity contribution in [2.24, 2.45) is 0 Å². The van der Waals surface area contributed by atoms with Crippen molar-refractivity contribution in [3.05, 3.63) is 41.6 Å². The second-order valence-corrected chi connectivity index (χ2v) is 3.31. The summed E-state index contributed by atoms with van der Waals surface area (Å²) in [4.78, 5) is 22.1. The molecule has 6 nitrogen and oxygen atoms in total. The van der Waals surface area contributed by atoms with Crippen LogP contribution in [0.2, 0.25) is 0 Å². The molecule has 2 aromatic rings. The van der Waals surface area contributed by atoms with Crippen LogP contribution in [0.3, 0.4) is 0 Å². The van der Waals surface area contributed by atoms with Crippen LogP contribution < -0.4 is 0 Å². The van der Waals surface area contributed by atoms with Gasteiger partial charge in [0.25, 0.3) is 0 Å². The first-order chi connectivity index (χ1) is 8.11. The van der Waals surface area contributed by atoms with Crippen LogP contribution in [-0.4, -0.2) is 32.3 Å². The van der Waals surface area contributed by atoms with Crippen molar-refractivity contribution in [2.45, 2.75) is 0 Å². The first-order valence-electron chi connectivity index (χ1n) is 4.70. The van der Waals surface area contributed by atoms with E-state index in [1.54, 1.807) is 6.07 Å². The van der Waals surface area contributed by atoms with Crippen molar-refractivity contribution in [3.8, 4) is 11.3 Å². The number of nitrogens with zero attached hydrogens (tertiary/aromatic N) is 1. The molecule has 2 rings (SSSR count). The van der Waals surface area contributed by atoms with E-state index in [0.29, 0.717) is 11.3 Å². The molecule has 0 fully saturated rings. The number of aromatic nitrogens is 2. The molecule has 0 aliphatic carbocycles. The Morgan fingerprint density at radius 2 is 1.88 bits per heavy atom. The lowest BCUT2D eigenvalue weighted by Gasteiger charge is -2.06. The average molecular weight is 232 g/mol. The van der Waals surface area contributed by atoms with Crippen molar-refractivity contribution >= 4 is 11.9 Å². The molecule has 0 amide bonds. The summed E-state index contributed by atoms with van der Waals surface area (Å²) < 4.78 is 0. The highest BCUT2D eigenvalue weighted by Crippen LogP contribution is 2.24. The van der Waals surface area contributed by atoms with Gasteiger partial charge in [-0.25, -0.2) is 9.59 Å². The summed E-state index contributed by atoms with van der Waals surface area (Å²) in [5.74, 6) is -2.56. The molecule has 86 valence electrons. The van der Waals surface area contributed by atoms with E-state index in [-0.39, 0.29) is 11.1 Å². The number of hydrogen-bond acceptors (Lipinski definition) is 3. The maximum Gasteiger partial charge on any atom is 0.337 e. The van der Waals surface area contributed by atoms with Gasteiger partial charge in [-0.2, -0.15) is 5.10 Å². The van der Waals surface area contributed by atoms with Crippen LogP contribution >= 0.6 is 0 Å². The third-order valence-electron chi connectivity index (χ3n) is 2.30. The molecule has 0 bridgehead atoms. The lowest BCUT2D eigenvalue weighted by Crippen LogP contribution is -2.09. The Morgan fingerprint density at radius 1 is 1.12 bits per heavy atom. The molecular weight excluding hydrogens is 224 g/mol. The number of carboxylic acid groups (broad SMARTS) is 2. The molecule has 0 spiro atoms. The molecule has 0 atom stereocenters. The summed E-state index contributed by atoms with van der Waals surface area (Å²) in [7, 11) is 0. The van der Waals surface area contributed by atoms with Gasteiger partial charge in [-0.1, -0.05) is 12.1 Å². The van der Waals surface area contributed by atoms with E-state index in [0.717, 1.165) is 0 Å². The minimum atomic E-state index is -1.28. The van der Waals surface area contributed by atoms with Crippen molar-refractivity contribution in [1.29, 1.82) is 0 Å². The Labute approximate surface area is 95.5 Å². The first kappa shape index (κ1) is 10.9. The van der Waals surface area contributed by atoms with Crippen LogP contribution in [0.5, 0.6) is 0 Å². The number of hydrogen-bond donors (Lipinski definition) is 3. The molecule has 0 unspecified atom stereocenters. The zero-order chi connectivity index (χ0) is 12.4. The molecule has 1 aromatic carbocycles. The quantitative estimate of drug-likeness (QED) is 0.743. The molecule has 0 radical (unpaired) electrons. The van der Waals surface area contributed by atoms with Gasteiger partial charge in [0.2, 0.25) is 0 Å². The SMILES string of the molecule is O=C(O)c1cccc(-c2ccn[nH]2)c1C(=O)O. The van der Waals surface area contributed by atoms with Gasteiger partial charge in [0.15, 0.2) is 0 Å². The van der Waals surface area contributed by atoms with Crippen LogP contribution in [0.25, 0.3) is 11.3 Å². The van der Waals surface area contributed by atoms with E-state index in [1.165, 1.54) is 24.4 Å². The number of nitrogens with one attached hydrogen (secondary N) is 1. The fraction of sp³-hybridized carbons (Fsp3) is 0. The fourth-order valence-corrected chi connectivity index (χ4v) is 1.59. The lowest BCUT2D eigenvalue weighted by molar-refractivity contribution is 0.0652. The number of rotatable bonds is 3. The van der Waals surface area contributed by atoms with Gasteiger partial charge in [-0.3, -0.25) is 5.10 Å². The fourth-order valence-electron chi connectivity index (χ4n) is 1.59. The Morgan fingerprint density at radius 3 is 2.41 bits per heavy atom. The summed E-state index contributed by atoms with van der Waals surface area (Å²) in [5.41, 5.74) is 0.272. The smallest absolute Gasteiger partial charge is 0.337 e. The molecule has 0 saturated carbocycles. The zero-order valence-electron chi connectivity index (χ0n) is 8.54. The highest BCUT2D eigenvalue weighted by Gasteiger charge is 2.20. The van der Waals surface area contributed by atoms with E-state index < -0.39 is 11.9 Å². The number of aromatic amines is 1. The second kappa shape index (κ2) is 4.09. The van der Waals surface area contributed by atoms with Crippen LogP contribution in [0.4, 0.5) is 0 Å². The van der Waals surface area contributed by atoms with Crippen molar-refractivity contribution in [2.75, 3.05) is 0 Å². The summed E-state index contributed by atoms with van der Waals surface area (Å²) in [5, 5.41) is 24.4. The van der Waals surface area contributed by atoms with Crippen LogP contribution in [0, 0.1) is 0 Å². The van der Waals surface area contributed by atoms with Gasteiger partial charge in [-0.05, 0) is 12.1 Å². The maximum atomic E-state index is 11.1. The summed E-state index contributed by atoms with van der Waals surface area (Å²) >= 11 is 0. The standard InChI is InChI=1S/C11H8N2O4/c14-10(15)7-3-1-2-6(9(7)11(16)17)8-4-5-12-13-8/h1-5H,(H,12,13)(H,14,15)(H,16,17). The number of aromatic carboxylic acids is 2. The molecular formula is C11H8N2O4. The van der Waals surface area contributed by atoms with Gasteiger partial charge in [0.05, 0.1) is 16.8 Å². The average Bonchev–Trinajstić information content (AvgIpc) is 2.81. The second-order valence-electron chi connectivity index (χ2n) is 3.31. The van der Waals surface area contributed by atoms with Gasteiger partial charge in [0.1, 0.15) is 0 Å². The minimum absolute atomic E-state index is 0.246. The van der Waals surface area contributed by atoms with Gasteiger partial charge in [-0.15, -0.1) is 0 Å². The van der Waals surface area contributed by atoms with Crippen LogP contribution in [0.1, 0.15) is 20.7 Å². The predicted octanol–water partition coefficient (Wildman–Crippen LogP) is 1.47. The molecule has 0 aliphatic rings. The molecule has 3 N–H and O–H groups in total. The van der Waals surface area contributed by atoms with E-state index in [2.05, 4.69) is 10.2 Å². The highest BCUT2D eigenvalue weighted by atomic mass is 16.4. The Balaban J connectivity index is 2.72. The largest absolute Gasteiger partial charge is 0.478 e. The summed E-state index contributed by atoms with van der Waals surface area (Å²) in [6.07, 6.45) is 1.47. The van der Waals surface area contributed by atoms with E-state index in [9.17, 15) is 9.59 Å². The van der Waals surface area contributed by atoms with Crippen molar-refractivity contribution in [1.82, 2.24) is 10.2 Å². The highest BCUT2D eigenvalue weighted by molar-refractivity contribution is 6.06. The van der Waals surface area contributed by atoms with Gasteiger partial charge < -0.3 is 10.2 Å². The lowest BCUT2D eigenvalue weighted by atomic mass is 9.99. The number of carboxylic acids is 2. The maximum absolute atomic E-state index is 11.1. The van der Waals surface area contributed by atoms with E-state index >= 15 is 0 Å². The van der Waals surface area contributed by atoms with Crippen molar-refractivity contribution in [3.63, 3.8) is 0 Å². The van der Waals surface area contributed by atoms with Gasteiger partial charge in [0, 0.05) is 11.8 Å².